The van der Waals surface area contributed by atoms with Crippen molar-refractivity contribution in [2.75, 3.05) is 12.4 Å². The lowest BCUT2D eigenvalue weighted by Gasteiger charge is -2.12. The zero-order valence-electron chi connectivity index (χ0n) is 15.1. The molecule has 0 atom stereocenters. The minimum absolute atomic E-state index is 0.0274. The van der Waals surface area contributed by atoms with Crippen molar-refractivity contribution in [1.82, 2.24) is 9.55 Å². The molecule has 3 rings (SSSR count). The maximum atomic E-state index is 12.7. The molecule has 0 aliphatic rings. The number of hydrogen-bond acceptors (Lipinski definition) is 5. The van der Waals surface area contributed by atoms with E-state index in [-0.39, 0.29) is 11.3 Å². The highest BCUT2D eigenvalue weighted by Crippen LogP contribution is 2.22. The molecule has 5 nitrogen and oxygen atoms in total. The van der Waals surface area contributed by atoms with E-state index in [2.05, 4.69) is 20.9 Å². The molecule has 0 fully saturated rings. The van der Waals surface area contributed by atoms with E-state index in [0.29, 0.717) is 46.3 Å². The standard InChI is InChI=1S/C20H19BrN2O3S/c1-3-23-19(25)16-12-14(21)8-9-17(16)22-20(23)27-11-10-26-18-7-5-4-6-15(18)13(2)24/h4-9,12H,3,10-11H2,1-2H3. The summed E-state index contributed by atoms with van der Waals surface area (Å²) in [6, 6.07) is 12.7. The van der Waals surface area contributed by atoms with Crippen LogP contribution in [0.1, 0.15) is 24.2 Å². The molecule has 0 saturated heterocycles. The van der Waals surface area contributed by atoms with Gasteiger partial charge in [-0.1, -0.05) is 39.8 Å². The highest BCUT2D eigenvalue weighted by Gasteiger charge is 2.12. The number of aromatic nitrogens is 2. The molecule has 0 unspecified atom stereocenters. The van der Waals surface area contributed by atoms with Gasteiger partial charge in [-0.05, 0) is 44.2 Å². The molecular weight excluding hydrogens is 428 g/mol. The molecule has 0 aliphatic carbocycles. The second-order valence-electron chi connectivity index (χ2n) is 5.85. The number of halogens is 1. The molecule has 7 heteroatoms. The maximum absolute atomic E-state index is 12.7. The normalized spacial score (nSPS) is 10.9. The Morgan fingerprint density at radius 2 is 2.04 bits per heavy atom. The molecule has 0 spiro atoms. The molecule has 1 aromatic heterocycles. The van der Waals surface area contributed by atoms with E-state index in [1.165, 1.54) is 18.7 Å². The highest BCUT2D eigenvalue weighted by atomic mass is 79.9. The van der Waals surface area contributed by atoms with Gasteiger partial charge in [-0.2, -0.15) is 0 Å². The Morgan fingerprint density at radius 1 is 1.26 bits per heavy atom. The van der Waals surface area contributed by atoms with Gasteiger partial charge in [0.15, 0.2) is 10.9 Å². The van der Waals surface area contributed by atoms with Crippen LogP contribution in [0.5, 0.6) is 5.75 Å². The Morgan fingerprint density at radius 3 is 2.78 bits per heavy atom. The summed E-state index contributed by atoms with van der Waals surface area (Å²) in [5, 5.41) is 1.27. The first-order chi connectivity index (χ1) is 13.0. The SMILES string of the molecule is CCn1c(SCCOc2ccccc2C(C)=O)nc2ccc(Br)cc2c1=O. The summed E-state index contributed by atoms with van der Waals surface area (Å²) < 4.78 is 8.29. The van der Waals surface area contributed by atoms with E-state index in [1.807, 2.05) is 31.2 Å². The van der Waals surface area contributed by atoms with Crippen LogP contribution in [-0.2, 0) is 6.54 Å². The average Bonchev–Trinajstić information content (AvgIpc) is 2.66. The molecule has 0 radical (unpaired) electrons. The number of Topliss-reactive ketones (excluding diaryl/α,β-unsaturated/α-hetero) is 1. The van der Waals surface area contributed by atoms with Gasteiger partial charge in [0.25, 0.3) is 5.56 Å². The molecule has 0 saturated carbocycles. The van der Waals surface area contributed by atoms with E-state index in [1.54, 1.807) is 22.8 Å². The Hall–Kier alpha value is -2.12. The van der Waals surface area contributed by atoms with E-state index >= 15 is 0 Å². The van der Waals surface area contributed by atoms with Gasteiger partial charge in [0, 0.05) is 16.8 Å². The highest BCUT2D eigenvalue weighted by molar-refractivity contribution is 9.10. The van der Waals surface area contributed by atoms with E-state index in [9.17, 15) is 9.59 Å². The number of hydrogen-bond donors (Lipinski definition) is 0. The summed E-state index contributed by atoms with van der Waals surface area (Å²) in [4.78, 5) is 29.0. The second kappa shape index (κ2) is 8.71. The largest absolute Gasteiger partial charge is 0.492 e. The monoisotopic (exact) mass is 446 g/mol. The topological polar surface area (TPSA) is 61.2 Å². The van der Waals surface area contributed by atoms with Crippen LogP contribution in [0, 0.1) is 0 Å². The molecule has 0 aliphatic heterocycles. The van der Waals surface area contributed by atoms with E-state index < -0.39 is 0 Å². The van der Waals surface area contributed by atoms with Gasteiger partial charge in [0.2, 0.25) is 0 Å². The van der Waals surface area contributed by atoms with Gasteiger partial charge in [0.05, 0.1) is 23.1 Å². The zero-order valence-corrected chi connectivity index (χ0v) is 17.5. The summed E-state index contributed by atoms with van der Waals surface area (Å²) in [5.41, 5.74) is 1.20. The smallest absolute Gasteiger partial charge is 0.262 e. The Balaban J connectivity index is 1.75. The van der Waals surface area contributed by atoms with Gasteiger partial charge in [-0.3, -0.25) is 14.2 Å². The minimum atomic E-state index is -0.0471. The number of ketones is 1. The van der Waals surface area contributed by atoms with Crippen LogP contribution >= 0.6 is 27.7 Å². The number of carbonyl (C=O) groups is 1. The van der Waals surface area contributed by atoms with Crippen molar-refractivity contribution in [3.05, 3.63) is 62.9 Å². The molecule has 27 heavy (non-hydrogen) atoms. The number of rotatable bonds is 7. The molecule has 2 aromatic carbocycles. The van der Waals surface area contributed by atoms with Gasteiger partial charge >= 0.3 is 0 Å². The van der Waals surface area contributed by atoms with Crippen LogP contribution in [0.15, 0.2) is 56.9 Å². The van der Waals surface area contributed by atoms with E-state index in [4.69, 9.17) is 4.74 Å². The number of benzene rings is 2. The van der Waals surface area contributed by atoms with Crippen LogP contribution in [0.3, 0.4) is 0 Å². The molecule has 0 N–H and O–H groups in total. The van der Waals surface area contributed by atoms with Crippen molar-refractivity contribution in [3.63, 3.8) is 0 Å². The molecule has 0 amide bonds. The fourth-order valence-corrected chi connectivity index (χ4v) is 3.97. The second-order valence-corrected chi connectivity index (χ2v) is 7.83. The minimum Gasteiger partial charge on any atom is -0.492 e. The summed E-state index contributed by atoms with van der Waals surface area (Å²) in [6.07, 6.45) is 0. The number of nitrogens with zero attached hydrogens (tertiary/aromatic N) is 2. The lowest BCUT2D eigenvalue weighted by Crippen LogP contribution is -2.22. The van der Waals surface area contributed by atoms with Crippen molar-refractivity contribution in [2.45, 2.75) is 25.5 Å². The predicted octanol–water partition coefficient (Wildman–Crippen LogP) is 4.55. The third-order valence-corrected chi connectivity index (χ3v) is 5.47. The fraction of sp³-hybridized carbons (Fsp3) is 0.250. The van der Waals surface area contributed by atoms with Crippen molar-refractivity contribution in [1.29, 1.82) is 0 Å². The van der Waals surface area contributed by atoms with Gasteiger partial charge < -0.3 is 4.74 Å². The van der Waals surface area contributed by atoms with Gasteiger partial charge in [-0.15, -0.1) is 0 Å². The van der Waals surface area contributed by atoms with Crippen molar-refractivity contribution < 1.29 is 9.53 Å². The van der Waals surface area contributed by atoms with Crippen molar-refractivity contribution >= 4 is 44.4 Å². The van der Waals surface area contributed by atoms with Crippen LogP contribution in [0.4, 0.5) is 0 Å². The molecular formula is C20H19BrN2O3S. The molecule has 140 valence electrons. The lowest BCUT2D eigenvalue weighted by molar-refractivity contribution is 0.101. The number of ether oxygens (including phenoxy) is 1. The first-order valence-electron chi connectivity index (χ1n) is 8.57. The number of para-hydroxylation sites is 1. The molecule has 3 aromatic rings. The predicted molar refractivity (Wildman–Crippen MR) is 112 cm³/mol. The Labute approximate surface area is 169 Å². The third-order valence-electron chi connectivity index (χ3n) is 4.04. The number of carbonyl (C=O) groups excluding carboxylic acids is 1. The average molecular weight is 447 g/mol. The first-order valence-corrected chi connectivity index (χ1v) is 10.3. The molecule has 1 heterocycles. The first kappa shape index (κ1) is 19.6. The van der Waals surface area contributed by atoms with Crippen LogP contribution in [-0.4, -0.2) is 27.7 Å². The van der Waals surface area contributed by atoms with Crippen molar-refractivity contribution in [3.8, 4) is 5.75 Å². The number of fused-ring (bicyclic) bond motifs is 1. The summed E-state index contributed by atoms with van der Waals surface area (Å²) >= 11 is 4.87. The van der Waals surface area contributed by atoms with Crippen LogP contribution < -0.4 is 10.3 Å². The van der Waals surface area contributed by atoms with Crippen molar-refractivity contribution in [2.24, 2.45) is 0 Å². The van der Waals surface area contributed by atoms with Crippen LogP contribution in [0.2, 0.25) is 0 Å². The van der Waals surface area contributed by atoms with Gasteiger partial charge in [0.1, 0.15) is 5.75 Å². The third kappa shape index (κ3) is 4.42. The van der Waals surface area contributed by atoms with Gasteiger partial charge in [-0.25, -0.2) is 4.98 Å². The number of thioether (sulfide) groups is 1. The summed E-state index contributed by atoms with van der Waals surface area (Å²) in [6.45, 7) is 4.41. The quantitative estimate of drug-likeness (QED) is 0.230. The maximum Gasteiger partial charge on any atom is 0.262 e. The lowest BCUT2D eigenvalue weighted by atomic mass is 10.1. The Kier molecular flexibility index (Phi) is 6.34. The zero-order chi connectivity index (χ0) is 19.4. The fourth-order valence-electron chi connectivity index (χ4n) is 2.73. The van der Waals surface area contributed by atoms with E-state index in [0.717, 1.165) is 4.47 Å². The molecule has 0 bridgehead atoms. The summed E-state index contributed by atoms with van der Waals surface area (Å²) in [7, 11) is 0. The summed E-state index contributed by atoms with van der Waals surface area (Å²) in [5.74, 6) is 1.16. The Bertz CT molecular complexity index is 1050. The van der Waals surface area contributed by atoms with Crippen LogP contribution in [0.25, 0.3) is 10.9 Å².